The van der Waals surface area contributed by atoms with E-state index in [-0.39, 0.29) is 5.82 Å². The standard InChI is InChI=1S/C9H4FNOS/c10-7-2-1-6-3-9(11-5-12)13-8(6)4-7/h1-4H. The van der Waals surface area contributed by atoms with E-state index in [1.165, 1.54) is 29.5 Å². The lowest BCUT2D eigenvalue weighted by atomic mass is 10.2. The number of benzene rings is 1. The summed E-state index contributed by atoms with van der Waals surface area (Å²) in [4.78, 5) is 13.4. The molecular weight excluding hydrogens is 189 g/mol. The number of halogens is 1. The zero-order chi connectivity index (χ0) is 9.26. The monoisotopic (exact) mass is 193 g/mol. The molecule has 0 aliphatic heterocycles. The highest BCUT2D eigenvalue weighted by atomic mass is 32.1. The van der Waals surface area contributed by atoms with Gasteiger partial charge in [-0.15, -0.1) is 11.3 Å². The van der Waals surface area contributed by atoms with Crippen LogP contribution in [0.4, 0.5) is 9.39 Å². The average Bonchev–Trinajstić information content (AvgIpc) is 2.46. The fourth-order valence-corrected chi connectivity index (χ4v) is 2.00. The summed E-state index contributed by atoms with van der Waals surface area (Å²) >= 11 is 1.27. The second kappa shape index (κ2) is 3.09. The molecule has 2 nitrogen and oxygen atoms in total. The number of nitrogens with zero attached hydrogens (tertiary/aromatic N) is 1. The van der Waals surface area contributed by atoms with Crippen molar-refractivity contribution in [2.24, 2.45) is 4.99 Å². The minimum Gasteiger partial charge on any atom is -0.211 e. The molecule has 0 saturated heterocycles. The van der Waals surface area contributed by atoms with E-state index in [9.17, 15) is 9.18 Å². The Morgan fingerprint density at radius 2 is 2.23 bits per heavy atom. The summed E-state index contributed by atoms with van der Waals surface area (Å²) in [6.07, 6.45) is 1.45. The van der Waals surface area contributed by atoms with Crippen LogP contribution in [0.5, 0.6) is 0 Å². The number of isocyanates is 1. The van der Waals surface area contributed by atoms with Crippen LogP contribution >= 0.6 is 11.3 Å². The summed E-state index contributed by atoms with van der Waals surface area (Å²) in [5.74, 6) is -0.281. The van der Waals surface area contributed by atoms with Gasteiger partial charge in [0.15, 0.2) is 0 Å². The number of hydrogen-bond donors (Lipinski definition) is 0. The van der Waals surface area contributed by atoms with E-state index in [0.717, 1.165) is 10.1 Å². The maximum Gasteiger partial charge on any atom is 0.241 e. The molecule has 2 rings (SSSR count). The van der Waals surface area contributed by atoms with Gasteiger partial charge < -0.3 is 0 Å². The second-order valence-electron chi connectivity index (χ2n) is 2.47. The van der Waals surface area contributed by atoms with Gasteiger partial charge in [0.2, 0.25) is 6.08 Å². The highest BCUT2D eigenvalue weighted by Crippen LogP contribution is 2.31. The predicted octanol–water partition coefficient (Wildman–Crippen LogP) is 3.01. The van der Waals surface area contributed by atoms with Crippen molar-refractivity contribution in [3.8, 4) is 0 Å². The first-order valence-electron chi connectivity index (χ1n) is 3.56. The Morgan fingerprint density at radius 3 is 3.00 bits per heavy atom. The largest absolute Gasteiger partial charge is 0.241 e. The number of fused-ring (bicyclic) bond motifs is 1. The summed E-state index contributed by atoms with van der Waals surface area (Å²) in [6.45, 7) is 0. The molecule has 13 heavy (non-hydrogen) atoms. The minimum atomic E-state index is -0.281. The van der Waals surface area contributed by atoms with Crippen LogP contribution < -0.4 is 0 Å². The first-order chi connectivity index (χ1) is 6.29. The molecule has 0 atom stereocenters. The molecule has 0 spiro atoms. The number of carbonyl (C=O) groups excluding carboxylic acids is 1. The molecule has 0 N–H and O–H groups in total. The average molecular weight is 193 g/mol. The Morgan fingerprint density at radius 1 is 1.38 bits per heavy atom. The molecule has 1 aromatic carbocycles. The summed E-state index contributed by atoms with van der Waals surface area (Å²) < 4.78 is 13.5. The van der Waals surface area contributed by atoms with Gasteiger partial charge in [0, 0.05) is 4.70 Å². The number of thiophene rings is 1. The lowest BCUT2D eigenvalue weighted by Crippen LogP contribution is -1.68. The third kappa shape index (κ3) is 1.49. The number of aliphatic imine (C=N–C) groups is 1. The van der Waals surface area contributed by atoms with Crippen LogP contribution in [-0.2, 0) is 4.79 Å². The van der Waals surface area contributed by atoms with Crippen LogP contribution in [-0.4, -0.2) is 6.08 Å². The highest BCUT2D eigenvalue weighted by molar-refractivity contribution is 7.22. The Hall–Kier alpha value is -1.51. The van der Waals surface area contributed by atoms with Crippen molar-refractivity contribution in [3.63, 3.8) is 0 Å². The molecule has 0 fully saturated rings. The van der Waals surface area contributed by atoms with Gasteiger partial charge in [0.05, 0.1) is 0 Å². The normalized spacial score (nSPS) is 9.92. The molecular formula is C9H4FNOS. The van der Waals surface area contributed by atoms with E-state index in [1.54, 1.807) is 12.1 Å². The quantitative estimate of drug-likeness (QED) is 0.505. The van der Waals surface area contributed by atoms with E-state index >= 15 is 0 Å². The van der Waals surface area contributed by atoms with Crippen molar-refractivity contribution in [2.45, 2.75) is 0 Å². The molecule has 4 heteroatoms. The highest BCUT2D eigenvalue weighted by Gasteiger charge is 2.01. The molecule has 1 aromatic heterocycles. The van der Waals surface area contributed by atoms with E-state index < -0.39 is 0 Å². The molecule has 0 unspecified atom stereocenters. The van der Waals surface area contributed by atoms with Crippen molar-refractivity contribution in [1.29, 1.82) is 0 Å². The fraction of sp³-hybridized carbons (Fsp3) is 0. The summed E-state index contributed by atoms with van der Waals surface area (Å²) in [7, 11) is 0. The SMILES string of the molecule is O=C=Nc1cc2ccc(F)cc2s1. The minimum absolute atomic E-state index is 0.281. The summed E-state index contributed by atoms with van der Waals surface area (Å²) in [5.41, 5.74) is 0. The van der Waals surface area contributed by atoms with Crippen molar-refractivity contribution in [1.82, 2.24) is 0 Å². The van der Waals surface area contributed by atoms with E-state index in [2.05, 4.69) is 4.99 Å². The zero-order valence-electron chi connectivity index (χ0n) is 6.45. The van der Waals surface area contributed by atoms with E-state index in [4.69, 9.17) is 0 Å². The topological polar surface area (TPSA) is 29.4 Å². The maximum absolute atomic E-state index is 12.7. The fourth-order valence-electron chi connectivity index (χ4n) is 1.09. The van der Waals surface area contributed by atoms with Gasteiger partial charge in [0.1, 0.15) is 10.8 Å². The van der Waals surface area contributed by atoms with Gasteiger partial charge >= 0.3 is 0 Å². The summed E-state index contributed by atoms with van der Waals surface area (Å²) in [5, 5.41) is 1.44. The smallest absolute Gasteiger partial charge is 0.211 e. The predicted molar refractivity (Wildman–Crippen MR) is 49.6 cm³/mol. The van der Waals surface area contributed by atoms with Crippen LogP contribution in [0.3, 0.4) is 0 Å². The van der Waals surface area contributed by atoms with Gasteiger partial charge in [0.25, 0.3) is 0 Å². The molecule has 0 aliphatic carbocycles. The molecule has 0 aliphatic rings. The maximum atomic E-state index is 12.7. The van der Waals surface area contributed by atoms with E-state index in [1.807, 2.05) is 0 Å². The first-order valence-corrected chi connectivity index (χ1v) is 4.38. The third-order valence-electron chi connectivity index (χ3n) is 1.62. The lowest BCUT2D eigenvalue weighted by Gasteiger charge is -1.86. The molecule has 2 aromatic rings. The van der Waals surface area contributed by atoms with Gasteiger partial charge in [-0.25, -0.2) is 9.18 Å². The molecule has 1 heterocycles. The molecule has 0 amide bonds. The van der Waals surface area contributed by atoms with Crippen molar-refractivity contribution < 1.29 is 9.18 Å². The van der Waals surface area contributed by atoms with Crippen molar-refractivity contribution in [2.75, 3.05) is 0 Å². The second-order valence-corrected chi connectivity index (χ2v) is 3.53. The van der Waals surface area contributed by atoms with Crippen molar-refractivity contribution >= 4 is 32.5 Å². The Balaban J connectivity index is 2.68. The third-order valence-corrected chi connectivity index (χ3v) is 2.62. The Kier molecular flexibility index (Phi) is 1.93. The van der Waals surface area contributed by atoms with Gasteiger partial charge in [-0.3, -0.25) is 0 Å². The van der Waals surface area contributed by atoms with Crippen LogP contribution in [0, 0.1) is 5.82 Å². The molecule has 0 saturated carbocycles. The number of rotatable bonds is 1. The van der Waals surface area contributed by atoms with Crippen LogP contribution in [0.2, 0.25) is 0 Å². The lowest BCUT2D eigenvalue weighted by molar-refractivity contribution is 0.565. The van der Waals surface area contributed by atoms with Gasteiger partial charge in [-0.1, -0.05) is 6.07 Å². The molecule has 64 valence electrons. The molecule has 0 radical (unpaired) electrons. The van der Waals surface area contributed by atoms with Gasteiger partial charge in [-0.05, 0) is 23.6 Å². The van der Waals surface area contributed by atoms with Crippen LogP contribution in [0.1, 0.15) is 0 Å². The molecule has 0 bridgehead atoms. The Bertz CT molecular complexity index is 499. The Labute approximate surface area is 77.3 Å². The van der Waals surface area contributed by atoms with Crippen LogP contribution in [0.15, 0.2) is 29.3 Å². The van der Waals surface area contributed by atoms with E-state index in [0.29, 0.717) is 5.00 Å². The number of hydrogen-bond acceptors (Lipinski definition) is 3. The van der Waals surface area contributed by atoms with Crippen LogP contribution in [0.25, 0.3) is 10.1 Å². The zero-order valence-corrected chi connectivity index (χ0v) is 7.27. The van der Waals surface area contributed by atoms with Crippen molar-refractivity contribution in [3.05, 3.63) is 30.1 Å². The summed E-state index contributed by atoms with van der Waals surface area (Å²) in [6, 6.07) is 6.18. The first kappa shape index (κ1) is 8.10. The van der Waals surface area contributed by atoms with Gasteiger partial charge in [-0.2, -0.15) is 4.99 Å².